The Labute approximate surface area is 146 Å². The highest BCUT2D eigenvalue weighted by Crippen LogP contribution is 2.36. The van der Waals surface area contributed by atoms with Gasteiger partial charge in [0, 0.05) is 45.0 Å². The molecule has 2 heterocycles. The van der Waals surface area contributed by atoms with Crippen LogP contribution in [0.1, 0.15) is 51.0 Å². The Kier molecular flexibility index (Phi) is 5.75. The topological polar surface area (TPSA) is 40.5 Å². The minimum Gasteiger partial charge on any atom is -0.356 e. The maximum atomic E-state index is 4.57. The molecule has 1 saturated carbocycles. The van der Waals surface area contributed by atoms with Gasteiger partial charge in [0.05, 0.1) is 0 Å². The van der Waals surface area contributed by atoms with Crippen molar-refractivity contribution in [2.75, 3.05) is 26.7 Å². The Balaban J connectivity index is 1.61. The molecule has 3 unspecified atom stereocenters. The molecular formula is C20H32N4. The SMILES string of the molecule is CN=C(NCC(c1cccnc1)C(C)C)N1CC2CCCCC2C1. The Morgan fingerprint density at radius 3 is 2.54 bits per heavy atom. The van der Waals surface area contributed by atoms with Crippen molar-refractivity contribution < 1.29 is 0 Å². The first kappa shape index (κ1) is 17.2. The fourth-order valence-electron chi connectivity index (χ4n) is 4.45. The van der Waals surface area contributed by atoms with Gasteiger partial charge in [-0.25, -0.2) is 0 Å². The average Bonchev–Trinajstić information content (AvgIpc) is 3.03. The molecule has 1 aromatic heterocycles. The second-order valence-corrected chi connectivity index (χ2v) is 7.77. The molecule has 24 heavy (non-hydrogen) atoms. The highest BCUT2D eigenvalue weighted by Gasteiger charge is 2.35. The second-order valence-electron chi connectivity index (χ2n) is 7.77. The summed E-state index contributed by atoms with van der Waals surface area (Å²) in [5, 5.41) is 3.65. The third kappa shape index (κ3) is 3.90. The first-order chi connectivity index (χ1) is 11.7. The Hall–Kier alpha value is -1.58. The molecule has 0 aromatic carbocycles. The van der Waals surface area contributed by atoms with Gasteiger partial charge in [-0.3, -0.25) is 9.98 Å². The molecule has 3 rings (SSSR count). The van der Waals surface area contributed by atoms with Crippen molar-refractivity contribution in [1.82, 2.24) is 15.2 Å². The van der Waals surface area contributed by atoms with Crippen molar-refractivity contribution in [1.29, 1.82) is 0 Å². The van der Waals surface area contributed by atoms with E-state index >= 15 is 0 Å². The molecule has 1 aliphatic carbocycles. The highest BCUT2D eigenvalue weighted by atomic mass is 15.3. The van der Waals surface area contributed by atoms with Crippen molar-refractivity contribution in [3.63, 3.8) is 0 Å². The Morgan fingerprint density at radius 2 is 2.00 bits per heavy atom. The van der Waals surface area contributed by atoms with Crippen LogP contribution < -0.4 is 5.32 Å². The summed E-state index contributed by atoms with van der Waals surface area (Å²) in [4.78, 5) is 11.3. The van der Waals surface area contributed by atoms with Crippen LogP contribution in [0, 0.1) is 17.8 Å². The summed E-state index contributed by atoms with van der Waals surface area (Å²) >= 11 is 0. The second kappa shape index (κ2) is 8.00. The van der Waals surface area contributed by atoms with Gasteiger partial charge in [-0.15, -0.1) is 0 Å². The van der Waals surface area contributed by atoms with Crippen LogP contribution >= 0.6 is 0 Å². The van der Waals surface area contributed by atoms with Crippen molar-refractivity contribution in [2.45, 2.75) is 45.4 Å². The van der Waals surface area contributed by atoms with Crippen molar-refractivity contribution in [3.8, 4) is 0 Å². The molecule has 1 aliphatic heterocycles. The largest absolute Gasteiger partial charge is 0.356 e. The van der Waals surface area contributed by atoms with E-state index in [4.69, 9.17) is 0 Å². The summed E-state index contributed by atoms with van der Waals surface area (Å²) in [5.74, 6) is 3.88. The lowest BCUT2D eigenvalue weighted by Crippen LogP contribution is -2.42. The van der Waals surface area contributed by atoms with Gasteiger partial charge in [0.25, 0.3) is 0 Å². The maximum absolute atomic E-state index is 4.57. The minimum atomic E-state index is 0.459. The molecular weight excluding hydrogens is 296 g/mol. The summed E-state index contributed by atoms with van der Waals surface area (Å²) in [7, 11) is 1.92. The number of hydrogen-bond donors (Lipinski definition) is 1. The molecule has 2 fully saturated rings. The molecule has 3 atom stereocenters. The molecule has 0 amide bonds. The minimum absolute atomic E-state index is 0.459. The maximum Gasteiger partial charge on any atom is 0.193 e. The molecule has 132 valence electrons. The van der Waals surface area contributed by atoms with E-state index in [1.807, 2.05) is 25.5 Å². The summed E-state index contributed by atoms with van der Waals surface area (Å²) in [6.45, 7) is 7.86. The van der Waals surface area contributed by atoms with E-state index in [-0.39, 0.29) is 0 Å². The molecule has 2 aliphatic rings. The van der Waals surface area contributed by atoms with Crippen LogP contribution in [0.15, 0.2) is 29.5 Å². The number of nitrogens with one attached hydrogen (secondary N) is 1. The predicted octanol–water partition coefficient (Wildman–Crippen LogP) is 3.52. The van der Waals surface area contributed by atoms with Gasteiger partial charge in [0.15, 0.2) is 5.96 Å². The van der Waals surface area contributed by atoms with Gasteiger partial charge in [-0.1, -0.05) is 32.8 Å². The number of nitrogens with zero attached hydrogens (tertiary/aromatic N) is 3. The van der Waals surface area contributed by atoms with Crippen LogP contribution in [0.3, 0.4) is 0 Å². The normalized spacial score (nSPS) is 25.7. The fraction of sp³-hybridized carbons (Fsp3) is 0.700. The zero-order chi connectivity index (χ0) is 16.9. The molecule has 1 saturated heterocycles. The number of rotatable bonds is 4. The standard InChI is InChI=1S/C20H32N4/c1-15(2)19(16-9-6-10-22-11-16)12-23-20(21-3)24-13-17-7-4-5-8-18(17)14-24/h6,9-11,15,17-19H,4-5,7-8,12-14H2,1-3H3,(H,21,23). The predicted molar refractivity (Wildman–Crippen MR) is 100 cm³/mol. The van der Waals surface area contributed by atoms with E-state index in [0.717, 1.165) is 24.3 Å². The Morgan fingerprint density at radius 1 is 1.29 bits per heavy atom. The number of pyridine rings is 1. The Bertz CT molecular complexity index is 526. The number of fused-ring (bicyclic) bond motifs is 1. The zero-order valence-corrected chi connectivity index (χ0v) is 15.4. The molecule has 0 bridgehead atoms. The first-order valence-electron chi connectivity index (χ1n) is 9.54. The molecule has 1 aromatic rings. The summed E-state index contributed by atoms with van der Waals surface area (Å²) in [5.41, 5.74) is 1.31. The monoisotopic (exact) mass is 328 g/mol. The lowest BCUT2D eigenvalue weighted by molar-refractivity contribution is 0.299. The van der Waals surface area contributed by atoms with Crippen molar-refractivity contribution in [3.05, 3.63) is 30.1 Å². The molecule has 1 N–H and O–H groups in total. The van der Waals surface area contributed by atoms with Gasteiger partial charge < -0.3 is 10.2 Å². The van der Waals surface area contributed by atoms with Crippen LogP contribution in [0.25, 0.3) is 0 Å². The van der Waals surface area contributed by atoms with Gasteiger partial charge in [-0.2, -0.15) is 0 Å². The quantitative estimate of drug-likeness (QED) is 0.679. The van der Waals surface area contributed by atoms with E-state index in [2.05, 4.69) is 40.1 Å². The molecule has 4 nitrogen and oxygen atoms in total. The lowest BCUT2D eigenvalue weighted by atomic mass is 9.82. The number of aromatic nitrogens is 1. The summed E-state index contributed by atoms with van der Waals surface area (Å²) < 4.78 is 0. The van der Waals surface area contributed by atoms with E-state index in [1.54, 1.807) is 0 Å². The molecule has 0 radical (unpaired) electrons. The van der Waals surface area contributed by atoms with Crippen LogP contribution in [0.2, 0.25) is 0 Å². The van der Waals surface area contributed by atoms with Crippen LogP contribution in [0.5, 0.6) is 0 Å². The number of hydrogen-bond acceptors (Lipinski definition) is 2. The lowest BCUT2D eigenvalue weighted by Gasteiger charge is -2.26. The van der Waals surface area contributed by atoms with E-state index in [0.29, 0.717) is 11.8 Å². The average molecular weight is 329 g/mol. The van der Waals surface area contributed by atoms with Gasteiger partial charge >= 0.3 is 0 Å². The number of aliphatic imine (C=N–C) groups is 1. The summed E-state index contributed by atoms with van der Waals surface area (Å²) in [6, 6.07) is 4.22. The molecule has 4 heteroatoms. The van der Waals surface area contributed by atoms with Crippen molar-refractivity contribution in [2.24, 2.45) is 22.7 Å². The third-order valence-corrected chi connectivity index (χ3v) is 5.89. The summed E-state index contributed by atoms with van der Waals surface area (Å²) in [6.07, 6.45) is 9.48. The van der Waals surface area contributed by atoms with Crippen molar-refractivity contribution >= 4 is 5.96 Å². The zero-order valence-electron chi connectivity index (χ0n) is 15.4. The number of guanidine groups is 1. The smallest absolute Gasteiger partial charge is 0.193 e. The van der Waals surface area contributed by atoms with E-state index in [1.165, 1.54) is 44.3 Å². The first-order valence-corrected chi connectivity index (χ1v) is 9.54. The van der Waals surface area contributed by atoms with Gasteiger partial charge in [0.1, 0.15) is 0 Å². The van der Waals surface area contributed by atoms with Gasteiger partial charge in [0.2, 0.25) is 0 Å². The van der Waals surface area contributed by atoms with Crippen LogP contribution in [0.4, 0.5) is 0 Å². The van der Waals surface area contributed by atoms with Gasteiger partial charge in [-0.05, 0) is 42.2 Å². The van der Waals surface area contributed by atoms with E-state index in [9.17, 15) is 0 Å². The third-order valence-electron chi connectivity index (χ3n) is 5.89. The van der Waals surface area contributed by atoms with Crippen LogP contribution in [-0.4, -0.2) is 42.5 Å². The highest BCUT2D eigenvalue weighted by molar-refractivity contribution is 5.80. The fourth-order valence-corrected chi connectivity index (χ4v) is 4.45. The molecule has 0 spiro atoms. The number of likely N-dealkylation sites (tertiary alicyclic amines) is 1. The van der Waals surface area contributed by atoms with E-state index < -0.39 is 0 Å². The van der Waals surface area contributed by atoms with Crippen LogP contribution in [-0.2, 0) is 0 Å².